The van der Waals surface area contributed by atoms with E-state index in [-0.39, 0.29) is 16.9 Å². The summed E-state index contributed by atoms with van der Waals surface area (Å²) in [5.74, 6) is 0. The predicted molar refractivity (Wildman–Crippen MR) is 108 cm³/mol. The Morgan fingerprint density at radius 1 is 1.04 bits per heavy atom. The number of hydrogen-bond acceptors (Lipinski definition) is 3. The van der Waals surface area contributed by atoms with Gasteiger partial charge in [-0.15, -0.1) is 0 Å². The highest BCUT2D eigenvalue weighted by Gasteiger charge is 2.37. The lowest BCUT2D eigenvalue weighted by Crippen LogP contribution is -2.44. The SMILES string of the molecule is O=S(=O)(c1cccc(Cl)c1)N1CCC(CO)(CCCc2ccccc2)CC1. The van der Waals surface area contributed by atoms with E-state index >= 15 is 0 Å². The fraction of sp³-hybridized carbons (Fsp3) is 0.429. The van der Waals surface area contributed by atoms with Crippen molar-refractivity contribution in [1.82, 2.24) is 4.31 Å². The van der Waals surface area contributed by atoms with Gasteiger partial charge in [-0.1, -0.05) is 48.0 Å². The molecule has 1 aliphatic heterocycles. The maximum atomic E-state index is 12.8. The van der Waals surface area contributed by atoms with Gasteiger partial charge in [-0.2, -0.15) is 4.31 Å². The molecule has 0 radical (unpaired) electrons. The summed E-state index contributed by atoms with van der Waals surface area (Å²) in [6.45, 7) is 0.967. The van der Waals surface area contributed by atoms with E-state index in [2.05, 4.69) is 12.1 Å². The first kappa shape index (κ1) is 20.3. The third-order valence-corrected chi connectivity index (χ3v) is 7.70. The van der Waals surface area contributed by atoms with E-state index in [1.807, 2.05) is 18.2 Å². The normalized spacial score (nSPS) is 17.7. The molecule has 1 heterocycles. The predicted octanol–water partition coefficient (Wildman–Crippen LogP) is 4.13. The van der Waals surface area contributed by atoms with Gasteiger partial charge in [0.1, 0.15) is 0 Å². The van der Waals surface area contributed by atoms with Gasteiger partial charge in [0.15, 0.2) is 0 Å². The van der Waals surface area contributed by atoms with Crippen LogP contribution in [0, 0.1) is 5.41 Å². The van der Waals surface area contributed by atoms with E-state index in [0.29, 0.717) is 31.0 Å². The molecule has 6 heteroatoms. The summed E-state index contributed by atoms with van der Waals surface area (Å²) in [4.78, 5) is 0.232. The van der Waals surface area contributed by atoms with Crippen LogP contribution >= 0.6 is 11.6 Å². The maximum absolute atomic E-state index is 12.8. The summed E-state index contributed by atoms with van der Waals surface area (Å²) >= 11 is 5.95. The summed E-state index contributed by atoms with van der Waals surface area (Å²) in [5, 5.41) is 10.4. The van der Waals surface area contributed by atoms with Crippen molar-refractivity contribution in [1.29, 1.82) is 0 Å². The van der Waals surface area contributed by atoms with Crippen molar-refractivity contribution in [2.24, 2.45) is 5.41 Å². The van der Waals surface area contributed by atoms with E-state index in [1.165, 1.54) is 15.9 Å². The molecule has 0 aromatic heterocycles. The van der Waals surface area contributed by atoms with E-state index < -0.39 is 10.0 Å². The topological polar surface area (TPSA) is 57.6 Å². The Bertz CT molecular complexity index is 847. The summed E-state index contributed by atoms with van der Waals surface area (Å²) in [5.41, 5.74) is 1.11. The minimum Gasteiger partial charge on any atom is -0.396 e. The molecule has 146 valence electrons. The maximum Gasteiger partial charge on any atom is 0.243 e. The van der Waals surface area contributed by atoms with Crippen molar-refractivity contribution in [3.8, 4) is 0 Å². The number of benzene rings is 2. The van der Waals surface area contributed by atoms with Crippen LogP contribution in [-0.4, -0.2) is 37.5 Å². The zero-order chi connectivity index (χ0) is 19.3. The number of nitrogens with zero attached hydrogens (tertiary/aromatic N) is 1. The van der Waals surface area contributed by atoms with E-state index in [9.17, 15) is 13.5 Å². The molecule has 1 saturated heterocycles. The second-order valence-corrected chi connectivity index (χ2v) is 9.73. The molecule has 0 atom stereocenters. The Kier molecular flexibility index (Phi) is 6.58. The van der Waals surface area contributed by atoms with Gasteiger partial charge in [0.2, 0.25) is 10.0 Å². The Morgan fingerprint density at radius 3 is 2.37 bits per heavy atom. The standard InChI is InChI=1S/C21H26ClNO3S/c22-19-9-4-10-20(16-19)27(25,26)23-14-12-21(17-24,13-15-23)11-5-8-18-6-2-1-3-7-18/h1-4,6-7,9-10,16,24H,5,8,11-15,17H2. The largest absolute Gasteiger partial charge is 0.396 e. The molecular weight excluding hydrogens is 382 g/mol. The molecule has 1 fully saturated rings. The molecule has 1 aliphatic rings. The quantitative estimate of drug-likeness (QED) is 0.750. The van der Waals surface area contributed by atoms with Gasteiger partial charge in [0.05, 0.1) is 4.90 Å². The second kappa shape index (κ2) is 8.74. The highest BCUT2D eigenvalue weighted by Crippen LogP contribution is 2.37. The smallest absolute Gasteiger partial charge is 0.243 e. The van der Waals surface area contributed by atoms with Gasteiger partial charge >= 0.3 is 0 Å². The van der Waals surface area contributed by atoms with Gasteiger partial charge in [-0.25, -0.2) is 8.42 Å². The van der Waals surface area contributed by atoms with Crippen molar-refractivity contribution < 1.29 is 13.5 Å². The molecule has 0 amide bonds. The number of sulfonamides is 1. The van der Waals surface area contributed by atoms with Gasteiger partial charge in [0.25, 0.3) is 0 Å². The van der Waals surface area contributed by atoms with Crippen LogP contribution in [0.3, 0.4) is 0 Å². The molecule has 0 spiro atoms. The third kappa shape index (κ3) is 4.91. The number of piperidine rings is 1. The highest BCUT2D eigenvalue weighted by molar-refractivity contribution is 7.89. The van der Waals surface area contributed by atoms with Crippen molar-refractivity contribution in [3.05, 3.63) is 65.2 Å². The van der Waals surface area contributed by atoms with Gasteiger partial charge in [-0.05, 0) is 61.3 Å². The molecular formula is C21H26ClNO3S. The van der Waals surface area contributed by atoms with Crippen molar-refractivity contribution in [3.63, 3.8) is 0 Å². The fourth-order valence-electron chi connectivity index (χ4n) is 3.78. The number of halogens is 1. The van der Waals surface area contributed by atoms with Crippen molar-refractivity contribution >= 4 is 21.6 Å². The Labute approximate surface area is 166 Å². The zero-order valence-electron chi connectivity index (χ0n) is 15.4. The van der Waals surface area contributed by atoms with E-state index in [0.717, 1.165) is 19.3 Å². The molecule has 0 bridgehead atoms. The van der Waals surface area contributed by atoms with Crippen LogP contribution in [0.5, 0.6) is 0 Å². The second-order valence-electron chi connectivity index (χ2n) is 7.36. The first-order chi connectivity index (χ1) is 13.0. The molecule has 27 heavy (non-hydrogen) atoms. The average molecular weight is 408 g/mol. The Morgan fingerprint density at radius 2 is 1.74 bits per heavy atom. The summed E-state index contributed by atoms with van der Waals surface area (Å²) in [7, 11) is -3.54. The molecule has 4 nitrogen and oxygen atoms in total. The number of rotatable bonds is 7. The first-order valence-corrected chi connectivity index (χ1v) is 11.2. The third-order valence-electron chi connectivity index (χ3n) is 5.57. The van der Waals surface area contributed by atoms with Crippen LogP contribution in [-0.2, 0) is 16.4 Å². The van der Waals surface area contributed by atoms with Gasteiger partial charge in [0, 0.05) is 24.7 Å². The molecule has 0 aliphatic carbocycles. The van der Waals surface area contributed by atoms with Gasteiger partial charge in [-0.3, -0.25) is 0 Å². The number of aliphatic hydroxyl groups is 1. The number of aryl methyl sites for hydroxylation is 1. The van der Waals surface area contributed by atoms with Crippen LogP contribution in [0.2, 0.25) is 5.02 Å². The van der Waals surface area contributed by atoms with E-state index in [4.69, 9.17) is 11.6 Å². The zero-order valence-corrected chi connectivity index (χ0v) is 16.9. The number of hydrogen-bond donors (Lipinski definition) is 1. The first-order valence-electron chi connectivity index (χ1n) is 9.36. The Balaban J connectivity index is 1.60. The van der Waals surface area contributed by atoms with Crippen LogP contribution in [0.4, 0.5) is 0 Å². The van der Waals surface area contributed by atoms with Crippen molar-refractivity contribution in [2.75, 3.05) is 19.7 Å². The minimum absolute atomic E-state index is 0.104. The van der Waals surface area contributed by atoms with Crippen LogP contribution in [0.1, 0.15) is 31.2 Å². The Hall–Kier alpha value is -1.40. The summed E-state index contributed by atoms with van der Waals surface area (Å²) < 4.78 is 27.2. The minimum atomic E-state index is -3.54. The average Bonchev–Trinajstić information content (AvgIpc) is 2.69. The molecule has 3 rings (SSSR count). The molecule has 1 N–H and O–H groups in total. The lowest BCUT2D eigenvalue weighted by atomic mass is 9.75. The summed E-state index contributed by atoms with van der Waals surface area (Å²) in [6.07, 6.45) is 4.23. The number of aliphatic hydroxyl groups excluding tert-OH is 1. The van der Waals surface area contributed by atoms with Crippen LogP contribution in [0.15, 0.2) is 59.5 Å². The lowest BCUT2D eigenvalue weighted by Gasteiger charge is -2.40. The fourth-order valence-corrected chi connectivity index (χ4v) is 5.52. The monoisotopic (exact) mass is 407 g/mol. The van der Waals surface area contributed by atoms with Gasteiger partial charge < -0.3 is 5.11 Å². The lowest BCUT2D eigenvalue weighted by molar-refractivity contribution is 0.0584. The molecule has 2 aromatic rings. The highest BCUT2D eigenvalue weighted by atomic mass is 35.5. The summed E-state index contributed by atoms with van der Waals surface area (Å²) in [6, 6.07) is 16.7. The van der Waals surface area contributed by atoms with Crippen LogP contribution < -0.4 is 0 Å². The van der Waals surface area contributed by atoms with E-state index in [1.54, 1.807) is 18.2 Å². The molecule has 0 unspecified atom stereocenters. The van der Waals surface area contributed by atoms with Crippen molar-refractivity contribution in [2.45, 2.75) is 37.0 Å². The molecule has 2 aromatic carbocycles. The molecule has 0 saturated carbocycles. The van der Waals surface area contributed by atoms with Crippen LogP contribution in [0.25, 0.3) is 0 Å².